The molecule has 0 heterocycles. The molecule has 1 aromatic rings. The second kappa shape index (κ2) is 7.61. The first-order valence-corrected chi connectivity index (χ1v) is 6.90. The Labute approximate surface area is 123 Å². The quantitative estimate of drug-likeness (QED) is 0.755. The Balaban J connectivity index is 2.65. The lowest BCUT2D eigenvalue weighted by Crippen LogP contribution is -2.49. The van der Waals surface area contributed by atoms with Gasteiger partial charge in [-0.15, -0.1) is 0 Å². The highest BCUT2D eigenvalue weighted by Gasteiger charge is 2.25. The summed E-state index contributed by atoms with van der Waals surface area (Å²) in [5.41, 5.74) is 0.612. The monoisotopic (exact) mass is 296 g/mol. The minimum Gasteiger partial charge on any atom is -0.480 e. The Kier molecular flexibility index (Phi) is 6.14. The SMILES string of the molecule is CCC(C)C(NC(=O)NC(C)c1cccc(F)c1)C(=O)O. The van der Waals surface area contributed by atoms with E-state index in [1.54, 1.807) is 26.0 Å². The van der Waals surface area contributed by atoms with Gasteiger partial charge < -0.3 is 15.7 Å². The van der Waals surface area contributed by atoms with Crippen molar-refractivity contribution >= 4 is 12.0 Å². The predicted octanol–water partition coefficient (Wildman–Crippen LogP) is 2.69. The van der Waals surface area contributed by atoms with E-state index in [-0.39, 0.29) is 11.7 Å². The average molecular weight is 296 g/mol. The van der Waals surface area contributed by atoms with Crippen LogP contribution in [0.4, 0.5) is 9.18 Å². The van der Waals surface area contributed by atoms with Gasteiger partial charge in [-0.05, 0) is 30.5 Å². The fraction of sp³-hybridized carbons (Fsp3) is 0.467. The number of nitrogens with one attached hydrogen (secondary N) is 2. The second-order valence-corrected chi connectivity index (χ2v) is 5.10. The molecule has 0 bridgehead atoms. The Hall–Kier alpha value is -2.11. The molecule has 0 aromatic heterocycles. The number of carbonyl (C=O) groups excluding carboxylic acids is 1. The molecule has 0 saturated carbocycles. The number of benzene rings is 1. The second-order valence-electron chi connectivity index (χ2n) is 5.10. The van der Waals surface area contributed by atoms with Gasteiger partial charge in [-0.25, -0.2) is 14.0 Å². The summed E-state index contributed by atoms with van der Waals surface area (Å²) in [6.07, 6.45) is 0.636. The van der Waals surface area contributed by atoms with E-state index in [1.807, 2.05) is 6.92 Å². The zero-order valence-corrected chi connectivity index (χ0v) is 12.4. The van der Waals surface area contributed by atoms with E-state index in [0.29, 0.717) is 12.0 Å². The molecule has 0 aliphatic rings. The molecule has 3 N–H and O–H groups in total. The lowest BCUT2D eigenvalue weighted by molar-refractivity contribution is -0.140. The molecule has 6 heteroatoms. The summed E-state index contributed by atoms with van der Waals surface area (Å²) in [7, 11) is 0. The lowest BCUT2D eigenvalue weighted by atomic mass is 9.99. The number of carboxylic acid groups (broad SMARTS) is 1. The lowest BCUT2D eigenvalue weighted by Gasteiger charge is -2.22. The molecule has 116 valence electrons. The van der Waals surface area contributed by atoms with Gasteiger partial charge in [0.25, 0.3) is 0 Å². The number of rotatable bonds is 6. The number of halogens is 1. The third kappa shape index (κ3) is 5.06. The summed E-state index contributed by atoms with van der Waals surface area (Å²) in [5, 5.41) is 14.2. The topological polar surface area (TPSA) is 78.4 Å². The average Bonchev–Trinajstić information content (AvgIpc) is 2.43. The molecule has 21 heavy (non-hydrogen) atoms. The standard InChI is InChI=1S/C15H21FN2O3/c1-4-9(2)13(14(19)20)18-15(21)17-10(3)11-6-5-7-12(16)8-11/h5-10,13H,4H2,1-3H3,(H,19,20)(H2,17,18,21). The Morgan fingerprint density at radius 2 is 1.95 bits per heavy atom. The van der Waals surface area contributed by atoms with Gasteiger partial charge in [0.2, 0.25) is 0 Å². The smallest absolute Gasteiger partial charge is 0.326 e. The van der Waals surface area contributed by atoms with Gasteiger partial charge in [0.1, 0.15) is 11.9 Å². The molecule has 0 aliphatic heterocycles. The summed E-state index contributed by atoms with van der Waals surface area (Å²) in [6.45, 7) is 5.32. The molecule has 2 amide bonds. The fourth-order valence-electron chi connectivity index (χ4n) is 1.92. The van der Waals surface area contributed by atoms with Crippen LogP contribution in [0.25, 0.3) is 0 Å². The van der Waals surface area contributed by atoms with E-state index >= 15 is 0 Å². The van der Waals surface area contributed by atoms with E-state index in [1.165, 1.54) is 12.1 Å². The molecule has 1 aromatic carbocycles. The third-order valence-corrected chi connectivity index (χ3v) is 3.46. The molecule has 0 radical (unpaired) electrons. The first kappa shape index (κ1) is 16.9. The summed E-state index contributed by atoms with van der Waals surface area (Å²) < 4.78 is 13.1. The zero-order chi connectivity index (χ0) is 16.0. The van der Waals surface area contributed by atoms with Gasteiger partial charge >= 0.3 is 12.0 Å². The van der Waals surface area contributed by atoms with Gasteiger partial charge in [0, 0.05) is 0 Å². The summed E-state index contributed by atoms with van der Waals surface area (Å²) in [5.74, 6) is -1.64. The first-order valence-electron chi connectivity index (χ1n) is 6.90. The van der Waals surface area contributed by atoms with Crippen LogP contribution in [0.15, 0.2) is 24.3 Å². The third-order valence-electron chi connectivity index (χ3n) is 3.46. The maximum Gasteiger partial charge on any atom is 0.326 e. The molecular formula is C15H21FN2O3. The number of carbonyl (C=O) groups is 2. The summed E-state index contributed by atoms with van der Waals surface area (Å²) in [6, 6.07) is 3.94. The van der Waals surface area contributed by atoms with Crippen LogP contribution in [-0.2, 0) is 4.79 Å². The van der Waals surface area contributed by atoms with Crippen molar-refractivity contribution in [3.8, 4) is 0 Å². The summed E-state index contributed by atoms with van der Waals surface area (Å²) in [4.78, 5) is 23.0. The molecule has 3 atom stereocenters. The van der Waals surface area contributed by atoms with Crippen LogP contribution >= 0.6 is 0 Å². The van der Waals surface area contributed by atoms with Gasteiger partial charge in [-0.3, -0.25) is 0 Å². The molecule has 3 unspecified atom stereocenters. The van der Waals surface area contributed by atoms with Crippen LogP contribution in [0.2, 0.25) is 0 Å². The molecule has 5 nitrogen and oxygen atoms in total. The number of carboxylic acids is 1. The maximum absolute atomic E-state index is 13.1. The van der Waals surface area contributed by atoms with Crippen molar-refractivity contribution in [2.24, 2.45) is 5.92 Å². The highest BCUT2D eigenvalue weighted by atomic mass is 19.1. The van der Waals surface area contributed by atoms with E-state index < -0.39 is 24.1 Å². The number of urea groups is 1. The van der Waals surface area contributed by atoms with E-state index in [4.69, 9.17) is 5.11 Å². The van der Waals surface area contributed by atoms with Crippen LogP contribution in [0.5, 0.6) is 0 Å². The van der Waals surface area contributed by atoms with E-state index in [0.717, 1.165) is 0 Å². The van der Waals surface area contributed by atoms with Crippen molar-refractivity contribution < 1.29 is 19.1 Å². The van der Waals surface area contributed by atoms with Gasteiger partial charge in [0.05, 0.1) is 6.04 Å². The Bertz CT molecular complexity index is 507. The van der Waals surface area contributed by atoms with Gasteiger partial charge in [-0.2, -0.15) is 0 Å². The molecule has 0 fully saturated rings. The molecule has 1 rings (SSSR count). The largest absolute Gasteiger partial charge is 0.480 e. The maximum atomic E-state index is 13.1. The van der Waals surface area contributed by atoms with Crippen molar-refractivity contribution in [2.45, 2.75) is 39.3 Å². The van der Waals surface area contributed by atoms with Crippen LogP contribution in [0.3, 0.4) is 0 Å². The highest BCUT2D eigenvalue weighted by Crippen LogP contribution is 2.13. The van der Waals surface area contributed by atoms with Crippen LogP contribution in [-0.4, -0.2) is 23.1 Å². The van der Waals surface area contributed by atoms with Crippen LogP contribution in [0.1, 0.15) is 38.8 Å². The van der Waals surface area contributed by atoms with Crippen molar-refractivity contribution in [3.63, 3.8) is 0 Å². The van der Waals surface area contributed by atoms with Gasteiger partial charge in [-0.1, -0.05) is 32.4 Å². The minimum atomic E-state index is -1.07. The molecule has 0 spiro atoms. The van der Waals surface area contributed by atoms with Crippen molar-refractivity contribution in [2.75, 3.05) is 0 Å². The van der Waals surface area contributed by atoms with Crippen LogP contribution < -0.4 is 10.6 Å². The van der Waals surface area contributed by atoms with Gasteiger partial charge in [0.15, 0.2) is 0 Å². The number of aliphatic carboxylic acids is 1. The Morgan fingerprint density at radius 3 is 2.48 bits per heavy atom. The number of hydrogen-bond donors (Lipinski definition) is 3. The van der Waals surface area contributed by atoms with Crippen LogP contribution in [0, 0.1) is 11.7 Å². The highest BCUT2D eigenvalue weighted by molar-refractivity contribution is 5.82. The van der Waals surface area contributed by atoms with E-state index in [9.17, 15) is 14.0 Å². The first-order chi connectivity index (χ1) is 9.85. The molecule has 0 aliphatic carbocycles. The summed E-state index contributed by atoms with van der Waals surface area (Å²) >= 11 is 0. The molecule has 0 saturated heterocycles. The normalized spacial score (nSPS) is 14.9. The number of amides is 2. The minimum absolute atomic E-state index is 0.183. The predicted molar refractivity (Wildman–Crippen MR) is 77.4 cm³/mol. The van der Waals surface area contributed by atoms with Crippen molar-refractivity contribution in [3.05, 3.63) is 35.6 Å². The van der Waals surface area contributed by atoms with Crippen molar-refractivity contribution in [1.29, 1.82) is 0 Å². The fourth-order valence-corrected chi connectivity index (χ4v) is 1.92. The van der Waals surface area contributed by atoms with Crippen molar-refractivity contribution in [1.82, 2.24) is 10.6 Å². The molecular weight excluding hydrogens is 275 g/mol. The number of hydrogen-bond acceptors (Lipinski definition) is 2. The Morgan fingerprint density at radius 1 is 1.29 bits per heavy atom. The zero-order valence-electron chi connectivity index (χ0n) is 12.4. The van der Waals surface area contributed by atoms with E-state index in [2.05, 4.69) is 10.6 Å².